The molecule has 0 saturated heterocycles. The standard InChI is InChI=1S/C17H13ClN2O/c18-16-11-10-15(19)17(20-16)21-14-8-6-13(7-9-14)12-4-2-1-3-5-12/h1-11H,19H2. The number of nitrogen functional groups attached to an aromatic ring is 1. The van der Waals surface area contributed by atoms with Crippen molar-refractivity contribution in [2.24, 2.45) is 0 Å². The molecule has 3 aromatic rings. The van der Waals surface area contributed by atoms with Gasteiger partial charge >= 0.3 is 0 Å². The normalized spacial score (nSPS) is 10.3. The van der Waals surface area contributed by atoms with Gasteiger partial charge in [0.2, 0.25) is 5.88 Å². The molecule has 0 saturated carbocycles. The number of hydrogen-bond acceptors (Lipinski definition) is 3. The molecular weight excluding hydrogens is 284 g/mol. The summed E-state index contributed by atoms with van der Waals surface area (Å²) in [6.07, 6.45) is 0. The minimum absolute atomic E-state index is 0.315. The average Bonchev–Trinajstić information content (AvgIpc) is 2.53. The number of nitrogens with zero attached hydrogens (tertiary/aromatic N) is 1. The van der Waals surface area contributed by atoms with Crippen molar-refractivity contribution in [3.05, 3.63) is 71.9 Å². The summed E-state index contributed by atoms with van der Waals surface area (Å²) < 4.78 is 5.66. The number of halogens is 1. The third kappa shape index (κ3) is 3.15. The highest BCUT2D eigenvalue weighted by molar-refractivity contribution is 6.29. The van der Waals surface area contributed by atoms with Gasteiger partial charge in [-0.2, -0.15) is 4.98 Å². The maximum Gasteiger partial charge on any atom is 0.244 e. The van der Waals surface area contributed by atoms with Gasteiger partial charge in [0.1, 0.15) is 10.9 Å². The third-order valence-corrected chi connectivity index (χ3v) is 3.24. The second-order valence-electron chi connectivity index (χ2n) is 4.52. The van der Waals surface area contributed by atoms with Gasteiger partial charge in [-0.1, -0.05) is 54.1 Å². The lowest BCUT2D eigenvalue weighted by Gasteiger charge is -2.08. The first kappa shape index (κ1) is 13.5. The molecule has 104 valence electrons. The molecule has 0 aliphatic heterocycles. The van der Waals surface area contributed by atoms with Crippen LogP contribution in [-0.4, -0.2) is 4.98 Å². The van der Waals surface area contributed by atoms with E-state index in [9.17, 15) is 0 Å². The SMILES string of the molecule is Nc1ccc(Cl)nc1Oc1ccc(-c2ccccc2)cc1. The maximum atomic E-state index is 5.84. The quantitative estimate of drug-likeness (QED) is 0.708. The van der Waals surface area contributed by atoms with Crippen LogP contribution in [0.1, 0.15) is 0 Å². The van der Waals surface area contributed by atoms with Gasteiger partial charge in [0.05, 0.1) is 5.69 Å². The molecule has 1 aromatic heterocycles. The number of nitrogens with two attached hydrogens (primary N) is 1. The molecule has 1 heterocycles. The highest BCUT2D eigenvalue weighted by atomic mass is 35.5. The van der Waals surface area contributed by atoms with Gasteiger partial charge in [-0.3, -0.25) is 0 Å². The fourth-order valence-corrected chi connectivity index (χ4v) is 2.11. The molecule has 0 aliphatic rings. The molecule has 0 amide bonds. The summed E-state index contributed by atoms with van der Waals surface area (Å²) in [6, 6.07) is 21.2. The van der Waals surface area contributed by atoms with Gasteiger partial charge in [0.15, 0.2) is 0 Å². The van der Waals surface area contributed by atoms with E-state index in [1.54, 1.807) is 12.1 Å². The summed E-state index contributed by atoms with van der Waals surface area (Å²) in [5, 5.41) is 0.347. The van der Waals surface area contributed by atoms with E-state index in [-0.39, 0.29) is 0 Å². The molecule has 3 nitrogen and oxygen atoms in total. The van der Waals surface area contributed by atoms with E-state index in [1.807, 2.05) is 42.5 Å². The Morgan fingerprint density at radius 3 is 2.19 bits per heavy atom. The van der Waals surface area contributed by atoms with Crippen molar-refractivity contribution in [3.8, 4) is 22.8 Å². The van der Waals surface area contributed by atoms with Crippen LogP contribution < -0.4 is 10.5 Å². The first-order valence-corrected chi connectivity index (χ1v) is 6.85. The topological polar surface area (TPSA) is 48.1 Å². The highest BCUT2D eigenvalue weighted by Gasteiger charge is 2.05. The lowest BCUT2D eigenvalue weighted by atomic mass is 10.1. The minimum Gasteiger partial charge on any atom is -0.437 e. The van der Waals surface area contributed by atoms with Gasteiger partial charge in [0.25, 0.3) is 0 Å². The second kappa shape index (κ2) is 5.85. The zero-order valence-electron chi connectivity index (χ0n) is 11.2. The Hall–Kier alpha value is -2.52. The van der Waals surface area contributed by atoms with Gasteiger partial charge in [-0.25, -0.2) is 0 Å². The number of benzene rings is 2. The largest absolute Gasteiger partial charge is 0.437 e. The van der Waals surface area contributed by atoms with E-state index in [4.69, 9.17) is 22.1 Å². The van der Waals surface area contributed by atoms with E-state index in [0.29, 0.717) is 22.5 Å². The molecule has 21 heavy (non-hydrogen) atoms. The third-order valence-electron chi connectivity index (χ3n) is 3.03. The van der Waals surface area contributed by atoms with Crippen LogP contribution in [0.3, 0.4) is 0 Å². The zero-order valence-corrected chi connectivity index (χ0v) is 11.9. The Bertz CT molecular complexity index is 742. The van der Waals surface area contributed by atoms with Gasteiger partial charge in [0, 0.05) is 0 Å². The second-order valence-corrected chi connectivity index (χ2v) is 4.91. The fraction of sp³-hybridized carbons (Fsp3) is 0. The van der Waals surface area contributed by atoms with Crippen molar-refractivity contribution in [1.29, 1.82) is 0 Å². The molecule has 0 spiro atoms. The van der Waals surface area contributed by atoms with Crippen molar-refractivity contribution in [2.45, 2.75) is 0 Å². The summed E-state index contributed by atoms with van der Waals surface area (Å²) in [7, 11) is 0. The summed E-state index contributed by atoms with van der Waals surface area (Å²) in [4.78, 5) is 4.07. The van der Waals surface area contributed by atoms with E-state index >= 15 is 0 Å². The molecule has 0 atom stereocenters. The number of hydrogen-bond donors (Lipinski definition) is 1. The van der Waals surface area contributed by atoms with E-state index in [1.165, 1.54) is 0 Å². The Morgan fingerprint density at radius 2 is 1.48 bits per heavy atom. The highest BCUT2D eigenvalue weighted by Crippen LogP contribution is 2.28. The average molecular weight is 297 g/mol. The predicted octanol–water partition coefficient (Wildman–Crippen LogP) is 4.78. The molecule has 0 radical (unpaired) electrons. The van der Waals surface area contributed by atoms with Crippen molar-refractivity contribution in [1.82, 2.24) is 4.98 Å². The predicted molar refractivity (Wildman–Crippen MR) is 85.6 cm³/mol. The molecular formula is C17H13ClN2O. The monoisotopic (exact) mass is 296 g/mol. The van der Waals surface area contributed by atoms with E-state index < -0.39 is 0 Å². The van der Waals surface area contributed by atoms with Crippen LogP contribution in [0.25, 0.3) is 11.1 Å². The molecule has 4 heteroatoms. The van der Waals surface area contributed by atoms with Crippen LogP contribution in [-0.2, 0) is 0 Å². The van der Waals surface area contributed by atoms with Gasteiger partial charge < -0.3 is 10.5 Å². The maximum absolute atomic E-state index is 5.84. The number of anilines is 1. The number of ether oxygens (including phenoxy) is 1. The van der Waals surface area contributed by atoms with Crippen LogP contribution in [0.4, 0.5) is 5.69 Å². The molecule has 2 N–H and O–H groups in total. The van der Waals surface area contributed by atoms with E-state index in [2.05, 4.69) is 17.1 Å². The molecule has 2 aromatic carbocycles. The molecule has 0 aliphatic carbocycles. The minimum atomic E-state index is 0.315. The van der Waals surface area contributed by atoms with Crippen LogP contribution >= 0.6 is 11.6 Å². The Labute approximate surface area is 128 Å². The molecule has 0 bridgehead atoms. The van der Waals surface area contributed by atoms with Crippen LogP contribution in [0, 0.1) is 0 Å². The van der Waals surface area contributed by atoms with Crippen LogP contribution in [0.2, 0.25) is 5.15 Å². The Morgan fingerprint density at radius 1 is 0.810 bits per heavy atom. The van der Waals surface area contributed by atoms with Gasteiger partial charge in [-0.05, 0) is 35.4 Å². The summed E-state index contributed by atoms with van der Waals surface area (Å²) in [5.74, 6) is 0.978. The van der Waals surface area contributed by atoms with Crippen molar-refractivity contribution >= 4 is 17.3 Å². The summed E-state index contributed by atoms with van der Waals surface area (Å²) >= 11 is 5.84. The van der Waals surface area contributed by atoms with Gasteiger partial charge in [-0.15, -0.1) is 0 Å². The van der Waals surface area contributed by atoms with Crippen LogP contribution in [0.5, 0.6) is 11.6 Å². The summed E-state index contributed by atoms with van der Waals surface area (Å²) in [6.45, 7) is 0. The Kier molecular flexibility index (Phi) is 3.75. The lowest BCUT2D eigenvalue weighted by Crippen LogP contribution is -1.95. The first-order valence-electron chi connectivity index (χ1n) is 6.48. The number of rotatable bonds is 3. The van der Waals surface area contributed by atoms with Crippen molar-refractivity contribution in [2.75, 3.05) is 5.73 Å². The van der Waals surface area contributed by atoms with E-state index in [0.717, 1.165) is 11.1 Å². The lowest BCUT2D eigenvalue weighted by molar-refractivity contribution is 0.466. The molecule has 0 fully saturated rings. The zero-order chi connectivity index (χ0) is 14.7. The number of pyridine rings is 1. The fourth-order valence-electron chi connectivity index (χ4n) is 1.97. The molecule has 0 unspecified atom stereocenters. The Balaban J connectivity index is 1.83. The first-order chi connectivity index (χ1) is 10.2. The van der Waals surface area contributed by atoms with Crippen molar-refractivity contribution in [3.63, 3.8) is 0 Å². The van der Waals surface area contributed by atoms with Crippen molar-refractivity contribution < 1.29 is 4.74 Å². The number of aromatic nitrogens is 1. The smallest absolute Gasteiger partial charge is 0.244 e. The van der Waals surface area contributed by atoms with Crippen LogP contribution in [0.15, 0.2) is 66.7 Å². The molecule has 3 rings (SSSR count). The summed E-state index contributed by atoms with van der Waals surface area (Å²) in [5.41, 5.74) is 8.54.